The lowest BCUT2D eigenvalue weighted by Gasteiger charge is -2.16. The molecule has 0 aliphatic rings. The molecule has 2 aromatic carbocycles. The van der Waals surface area contributed by atoms with Crippen LogP contribution in [-0.4, -0.2) is 20.3 Å². The molecule has 0 bridgehead atoms. The Labute approximate surface area is 130 Å². The van der Waals surface area contributed by atoms with Crippen LogP contribution >= 0.6 is 0 Å². The predicted molar refractivity (Wildman–Crippen MR) is 85.9 cm³/mol. The van der Waals surface area contributed by atoms with Crippen molar-refractivity contribution in [3.05, 3.63) is 59.9 Å². The zero-order chi connectivity index (χ0) is 15.8. The van der Waals surface area contributed by atoms with Crippen LogP contribution in [0, 0.1) is 5.82 Å². The maximum absolute atomic E-state index is 13.0. The van der Waals surface area contributed by atoms with Crippen LogP contribution in [-0.2, 0) is 0 Å². The average Bonchev–Trinajstić information content (AvgIpc) is 2.55. The summed E-state index contributed by atoms with van der Waals surface area (Å²) in [7, 11) is 1.66. The second kappa shape index (κ2) is 8.39. The third kappa shape index (κ3) is 4.74. The quantitative estimate of drug-likeness (QED) is 0.756. The predicted octanol–water partition coefficient (Wildman–Crippen LogP) is 3.74. The number of hydrogen-bond acceptors (Lipinski definition) is 3. The molecule has 0 aliphatic carbocycles. The SMILES string of the molecule is COc1cccc(C(CN)CCCOc2cccc(F)c2)c1. The molecule has 2 rings (SSSR count). The van der Waals surface area contributed by atoms with Crippen LogP contribution in [0.4, 0.5) is 4.39 Å². The van der Waals surface area contributed by atoms with Gasteiger partial charge in [0.15, 0.2) is 0 Å². The highest BCUT2D eigenvalue weighted by Crippen LogP contribution is 2.24. The van der Waals surface area contributed by atoms with Gasteiger partial charge in [-0.1, -0.05) is 18.2 Å². The zero-order valence-electron chi connectivity index (χ0n) is 12.8. The largest absolute Gasteiger partial charge is 0.497 e. The molecule has 0 fully saturated rings. The topological polar surface area (TPSA) is 44.5 Å². The second-order valence-electron chi connectivity index (χ2n) is 5.16. The number of ether oxygens (including phenoxy) is 2. The summed E-state index contributed by atoms with van der Waals surface area (Å²) in [6.07, 6.45) is 1.77. The first-order valence-electron chi connectivity index (χ1n) is 7.45. The Balaban J connectivity index is 1.83. The molecule has 2 aromatic rings. The molecule has 0 saturated carbocycles. The molecular weight excluding hydrogens is 281 g/mol. The van der Waals surface area contributed by atoms with E-state index in [4.69, 9.17) is 15.2 Å². The minimum absolute atomic E-state index is 0.270. The van der Waals surface area contributed by atoms with Crippen LogP contribution in [0.5, 0.6) is 11.5 Å². The Bertz CT molecular complexity index is 589. The van der Waals surface area contributed by atoms with Crippen molar-refractivity contribution in [2.45, 2.75) is 18.8 Å². The van der Waals surface area contributed by atoms with E-state index in [1.54, 1.807) is 19.2 Å². The molecule has 4 heteroatoms. The number of nitrogens with two attached hydrogens (primary N) is 1. The molecule has 22 heavy (non-hydrogen) atoms. The molecule has 0 heterocycles. The van der Waals surface area contributed by atoms with Crippen molar-refractivity contribution < 1.29 is 13.9 Å². The molecule has 1 atom stereocenters. The molecule has 1 unspecified atom stereocenters. The van der Waals surface area contributed by atoms with Crippen molar-refractivity contribution in [1.29, 1.82) is 0 Å². The van der Waals surface area contributed by atoms with Gasteiger partial charge in [0.1, 0.15) is 17.3 Å². The van der Waals surface area contributed by atoms with Crippen LogP contribution < -0.4 is 15.2 Å². The Morgan fingerprint density at radius 2 is 1.86 bits per heavy atom. The molecule has 0 aromatic heterocycles. The number of rotatable bonds is 8. The molecule has 2 N–H and O–H groups in total. The van der Waals surface area contributed by atoms with Crippen molar-refractivity contribution in [2.75, 3.05) is 20.3 Å². The van der Waals surface area contributed by atoms with Gasteiger partial charge >= 0.3 is 0 Å². The fourth-order valence-electron chi connectivity index (χ4n) is 2.39. The maximum Gasteiger partial charge on any atom is 0.126 e. The normalized spacial score (nSPS) is 12.0. The number of methoxy groups -OCH3 is 1. The van der Waals surface area contributed by atoms with Gasteiger partial charge in [0, 0.05) is 6.07 Å². The van der Waals surface area contributed by atoms with E-state index < -0.39 is 0 Å². The van der Waals surface area contributed by atoms with Crippen LogP contribution in [0.25, 0.3) is 0 Å². The molecule has 3 nitrogen and oxygen atoms in total. The summed E-state index contributed by atoms with van der Waals surface area (Å²) in [5.41, 5.74) is 7.05. The summed E-state index contributed by atoms with van der Waals surface area (Å²) in [6.45, 7) is 1.12. The Morgan fingerprint density at radius 3 is 2.59 bits per heavy atom. The minimum Gasteiger partial charge on any atom is -0.497 e. The Morgan fingerprint density at radius 1 is 1.09 bits per heavy atom. The van der Waals surface area contributed by atoms with E-state index in [0.717, 1.165) is 18.6 Å². The van der Waals surface area contributed by atoms with Crippen LogP contribution in [0.1, 0.15) is 24.3 Å². The molecule has 0 saturated heterocycles. The third-order valence-corrected chi connectivity index (χ3v) is 3.61. The lowest BCUT2D eigenvalue weighted by atomic mass is 9.94. The van der Waals surface area contributed by atoms with Gasteiger partial charge in [0.2, 0.25) is 0 Å². The first-order valence-corrected chi connectivity index (χ1v) is 7.45. The van der Waals surface area contributed by atoms with Crippen molar-refractivity contribution in [2.24, 2.45) is 5.73 Å². The van der Waals surface area contributed by atoms with Crippen molar-refractivity contribution >= 4 is 0 Å². The third-order valence-electron chi connectivity index (χ3n) is 3.61. The number of halogens is 1. The summed E-state index contributed by atoms with van der Waals surface area (Å²) in [6, 6.07) is 14.2. The van der Waals surface area contributed by atoms with Gasteiger partial charge in [-0.15, -0.1) is 0 Å². The van der Waals surface area contributed by atoms with Gasteiger partial charge in [0.25, 0.3) is 0 Å². The number of benzene rings is 2. The molecule has 118 valence electrons. The van der Waals surface area contributed by atoms with Gasteiger partial charge in [0.05, 0.1) is 13.7 Å². The fourth-order valence-corrected chi connectivity index (χ4v) is 2.39. The van der Waals surface area contributed by atoms with Crippen molar-refractivity contribution in [3.63, 3.8) is 0 Å². The summed E-state index contributed by atoms with van der Waals surface area (Å²) in [5.74, 6) is 1.39. The standard InChI is InChI=1S/C18H22FNO2/c1-21-17-8-2-5-14(11-17)15(13-20)6-4-10-22-18-9-3-7-16(19)12-18/h2-3,5,7-9,11-12,15H,4,6,10,13,20H2,1H3. The second-order valence-corrected chi connectivity index (χ2v) is 5.16. The lowest BCUT2D eigenvalue weighted by molar-refractivity contribution is 0.300. The molecule has 0 amide bonds. The summed E-state index contributed by atoms with van der Waals surface area (Å²) >= 11 is 0. The van der Waals surface area contributed by atoms with Crippen LogP contribution in [0.15, 0.2) is 48.5 Å². The fraction of sp³-hybridized carbons (Fsp3) is 0.333. The van der Waals surface area contributed by atoms with Crippen LogP contribution in [0.2, 0.25) is 0 Å². The lowest BCUT2D eigenvalue weighted by Crippen LogP contribution is -2.13. The highest BCUT2D eigenvalue weighted by Gasteiger charge is 2.10. The smallest absolute Gasteiger partial charge is 0.126 e. The highest BCUT2D eigenvalue weighted by molar-refractivity contribution is 5.31. The Hall–Kier alpha value is -2.07. The van der Waals surface area contributed by atoms with Gasteiger partial charge < -0.3 is 15.2 Å². The van der Waals surface area contributed by atoms with E-state index in [-0.39, 0.29) is 11.7 Å². The van der Waals surface area contributed by atoms with Gasteiger partial charge in [-0.3, -0.25) is 0 Å². The van der Waals surface area contributed by atoms with Gasteiger partial charge in [-0.2, -0.15) is 0 Å². The first-order chi connectivity index (χ1) is 10.7. The van der Waals surface area contributed by atoms with Crippen LogP contribution in [0.3, 0.4) is 0 Å². The van der Waals surface area contributed by atoms with E-state index >= 15 is 0 Å². The van der Waals surface area contributed by atoms with Crippen molar-refractivity contribution in [1.82, 2.24) is 0 Å². The van der Waals surface area contributed by atoms with E-state index in [1.165, 1.54) is 17.7 Å². The van der Waals surface area contributed by atoms with E-state index in [1.807, 2.05) is 18.2 Å². The van der Waals surface area contributed by atoms with Gasteiger partial charge in [-0.25, -0.2) is 4.39 Å². The maximum atomic E-state index is 13.0. The number of hydrogen-bond donors (Lipinski definition) is 1. The summed E-state index contributed by atoms with van der Waals surface area (Å²) in [4.78, 5) is 0. The molecule has 0 spiro atoms. The van der Waals surface area contributed by atoms with Crippen molar-refractivity contribution in [3.8, 4) is 11.5 Å². The first kappa shape index (κ1) is 16.3. The average molecular weight is 303 g/mol. The molecule has 0 radical (unpaired) electrons. The zero-order valence-corrected chi connectivity index (χ0v) is 12.8. The Kier molecular flexibility index (Phi) is 6.22. The van der Waals surface area contributed by atoms with E-state index in [2.05, 4.69) is 6.07 Å². The summed E-state index contributed by atoms with van der Waals surface area (Å²) < 4.78 is 23.8. The minimum atomic E-state index is -0.284. The molecular formula is C18H22FNO2. The summed E-state index contributed by atoms with van der Waals surface area (Å²) in [5, 5.41) is 0. The highest BCUT2D eigenvalue weighted by atomic mass is 19.1. The monoisotopic (exact) mass is 303 g/mol. The van der Waals surface area contributed by atoms with E-state index in [0.29, 0.717) is 18.9 Å². The van der Waals surface area contributed by atoms with E-state index in [9.17, 15) is 4.39 Å². The van der Waals surface area contributed by atoms with Gasteiger partial charge in [-0.05, 0) is 55.1 Å². The molecule has 0 aliphatic heterocycles.